The first-order chi connectivity index (χ1) is 11.6. The van der Waals surface area contributed by atoms with Crippen LogP contribution in [0.1, 0.15) is 45.4 Å². The van der Waals surface area contributed by atoms with Gasteiger partial charge in [0.05, 0.1) is 0 Å². The maximum absolute atomic E-state index is 5.32. The number of rotatable bonds is 8. The number of fused-ring (bicyclic) bond motifs is 10. The van der Waals surface area contributed by atoms with Crippen molar-refractivity contribution in [2.45, 2.75) is 93.1 Å². The van der Waals surface area contributed by atoms with Crippen LogP contribution in [-0.2, 0) is 6.51 Å². The predicted octanol–water partition coefficient (Wildman–Crippen LogP) is 5.82. The van der Waals surface area contributed by atoms with E-state index < -0.39 is 6.51 Å². The third-order valence-electron chi connectivity index (χ3n) is 17.7. The molecule has 0 aromatic rings. The van der Waals surface area contributed by atoms with E-state index in [2.05, 4.69) is 11.8 Å². The fraction of sp³-hybridized carbons (Fsp3) is 0.952. The van der Waals surface area contributed by atoms with Gasteiger partial charge >= 0.3 is 135 Å². The van der Waals surface area contributed by atoms with Crippen molar-refractivity contribution in [2.75, 3.05) is 19.6 Å². The Bertz CT molecular complexity index is 1070. The van der Waals surface area contributed by atoms with Gasteiger partial charge in [-0.2, -0.15) is 0 Å². The van der Waals surface area contributed by atoms with Crippen molar-refractivity contribution in [1.29, 1.82) is 0 Å². The van der Waals surface area contributed by atoms with Gasteiger partial charge in [0.15, 0.2) is 0 Å². The van der Waals surface area contributed by atoms with Crippen molar-refractivity contribution in [3.05, 3.63) is 0 Å². The Hall–Kier alpha value is -0.0105. The zero-order chi connectivity index (χ0) is 15.2. The summed E-state index contributed by atoms with van der Waals surface area (Å²) in [7, 11) is 0. The van der Waals surface area contributed by atoms with Gasteiger partial charge in [0.2, 0.25) is 0 Å². The van der Waals surface area contributed by atoms with E-state index in [1.54, 1.807) is 0 Å². The minimum absolute atomic E-state index is 0.914. The Morgan fingerprint density at radius 3 is 2.08 bits per heavy atom. The van der Waals surface area contributed by atoms with Crippen molar-refractivity contribution < 1.29 is 6.51 Å². The van der Waals surface area contributed by atoms with Gasteiger partial charge in [-0.25, -0.2) is 0 Å². The summed E-state index contributed by atoms with van der Waals surface area (Å²) in [6.07, 6.45) is 8.65. The van der Waals surface area contributed by atoms with Crippen LogP contribution >= 0.6 is 0 Å². The zero-order valence-corrected chi connectivity index (χ0v) is 15.9. The number of nitrogens with zero attached hydrogens (tertiary/aromatic N) is 2. The van der Waals surface area contributed by atoms with Gasteiger partial charge in [-0.1, -0.05) is 0 Å². The summed E-state index contributed by atoms with van der Waals surface area (Å²) in [5.41, 5.74) is 0. The summed E-state index contributed by atoms with van der Waals surface area (Å²) in [6, 6.07) is 0. The van der Waals surface area contributed by atoms with Gasteiger partial charge < -0.3 is 0 Å². The van der Waals surface area contributed by atoms with Crippen LogP contribution in [0, 0.1) is 0 Å². The Balaban J connectivity index is 0.979. The van der Waals surface area contributed by atoms with E-state index in [1.807, 2.05) is 5.84 Å². The van der Waals surface area contributed by atoms with Gasteiger partial charge in [0.1, 0.15) is 0 Å². The second-order valence-electron chi connectivity index (χ2n) is 13.6. The molecule has 24 heavy (non-hydrogen) atoms. The van der Waals surface area contributed by atoms with Crippen LogP contribution in [0.25, 0.3) is 0 Å². The van der Waals surface area contributed by atoms with Gasteiger partial charge in [-0.3, -0.25) is 0 Å². The molecule has 2 nitrogen and oxygen atoms in total. The van der Waals surface area contributed by atoms with Crippen LogP contribution in [0.4, 0.5) is 0 Å². The second kappa shape index (κ2) is 1.26. The normalized spacial score (nSPS) is 91.1. The van der Waals surface area contributed by atoms with E-state index >= 15 is 0 Å². The summed E-state index contributed by atoms with van der Waals surface area (Å²) in [5.74, 6) is 1.81. The molecule has 10 saturated heterocycles. The third-order valence-corrected chi connectivity index (χ3v) is 60.0. The Morgan fingerprint density at radius 2 is 1.54 bits per heavy atom. The first kappa shape index (κ1) is 11.0. The monoisotopic (exact) mass is 366 g/mol. The van der Waals surface area contributed by atoms with Crippen LogP contribution in [0.5, 0.6) is 0 Å². The van der Waals surface area contributed by atoms with Crippen LogP contribution in [0.3, 0.4) is 0 Å². The molecule has 4 atom stereocenters. The first-order valence-electron chi connectivity index (χ1n) is 11.1. The van der Waals surface area contributed by atoms with Crippen LogP contribution in [-0.4, -0.2) is 30.4 Å². The molecular weight excluding hydrogens is 336 g/mol. The first-order valence-corrected chi connectivity index (χ1v) is 17.4. The molecule has 0 N–H and O–H groups in total. The molecule has 11 heterocycles. The van der Waals surface area contributed by atoms with E-state index in [0.29, 0.717) is 0 Å². The molecule has 0 aliphatic carbocycles. The molecule has 0 aromatic heterocycles. The van der Waals surface area contributed by atoms with Crippen molar-refractivity contribution in [2.24, 2.45) is 4.99 Å². The molecule has 4 unspecified atom stereocenters. The molecule has 132 valence electrons. The van der Waals surface area contributed by atoms with Crippen molar-refractivity contribution in [1.82, 2.24) is 4.90 Å². The molecule has 0 aromatic carbocycles. The molecule has 1 spiro atoms. The molecule has 0 bridgehead atoms. The molecule has 0 saturated carbocycles. The molecule has 0 amide bonds. The fourth-order valence-corrected chi connectivity index (χ4v) is 92.8. The molecule has 11 rings (SSSR count). The number of aliphatic imine (C=N–C) groups is 1. The molecule has 0 radical (unpaired) electrons. The summed E-state index contributed by atoms with van der Waals surface area (Å²) < 4.78 is 0.914. The van der Waals surface area contributed by atoms with Crippen molar-refractivity contribution >= 4 is 5.84 Å². The fourth-order valence-electron chi connectivity index (χ4n) is 18.9. The molecule has 11 aliphatic heterocycles. The number of hydrogen-bond acceptors (Lipinski definition) is 2. The second-order valence-corrected chi connectivity index (χ2v) is 37.2. The van der Waals surface area contributed by atoms with Gasteiger partial charge in [0, 0.05) is 0 Å². The standard InChI is InChI=1S/C16H25N2.C5H5.Fe/c1-2-3-4-5-6-9-13-18-14-12-17-16(18)15-10-7-8-11-15;1-2-4-5-3-1;/h7-8,10-11H,2-6,9,12-14H2,1H3;1-5H;. The number of amidine groups is 1. The van der Waals surface area contributed by atoms with Crippen LogP contribution in [0.2, 0.25) is 47.7 Å². The van der Waals surface area contributed by atoms with Crippen molar-refractivity contribution in [3.8, 4) is 0 Å². The van der Waals surface area contributed by atoms with E-state index in [-0.39, 0.29) is 0 Å². The van der Waals surface area contributed by atoms with E-state index in [4.69, 9.17) is 4.99 Å². The van der Waals surface area contributed by atoms with Crippen molar-refractivity contribution in [3.63, 3.8) is 0 Å². The van der Waals surface area contributed by atoms with Gasteiger partial charge in [-0.15, -0.1) is 0 Å². The Kier molecular flexibility index (Phi) is 0.575. The van der Waals surface area contributed by atoms with E-state index in [0.717, 1.165) is 10.9 Å². The van der Waals surface area contributed by atoms with Gasteiger partial charge in [0.25, 0.3) is 0 Å². The quantitative estimate of drug-likeness (QED) is 0.390. The Labute approximate surface area is 135 Å². The maximum atomic E-state index is 5.32. The van der Waals surface area contributed by atoms with Crippen LogP contribution in [0.15, 0.2) is 4.99 Å². The molecular formula is C21H30FeN2. The summed E-state index contributed by atoms with van der Waals surface area (Å²) in [5, 5.41) is 0. The number of unbranched alkanes of at least 4 members (excludes halogenated alkanes) is 5. The zero-order valence-electron chi connectivity index (χ0n) is 14.8. The summed E-state index contributed by atoms with van der Waals surface area (Å²) >= 11 is 0. The van der Waals surface area contributed by atoms with Gasteiger partial charge in [-0.05, 0) is 0 Å². The summed E-state index contributed by atoms with van der Waals surface area (Å²) in [6.45, 7) is 3.18. The molecule has 10 fully saturated rings. The van der Waals surface area contributed by atoms with E-state index in [9.17, 15) is 0 Å². The number of hydrogen-bond donors (Lipinski definition) is 0. The van der Waals surface area contributed by atoms with E-state index in [1.165, 1.54) is 95.0 Å². The average Bonchev–Trinajstić information content (AvgIpc) is 3.48. The third kappa shape index (κ3) is 0.172. The summed E-state index contributed by atoms with van der Waals surface area (Å²) in [4.78, 5) is 21.2. The minimum atomic E-state index is -2.96. The average molecular weight is 366 g/mol. The Morgan fingerprint density at radius 1 is 0.917 bits per heavy atom. The molecule has 11 aliphatic rings. The topological polar surface area (TPSA) is 15.6 Å². The molecule has 3 heteroatoms. The predicted molar refractivity (Wildman–Crippen MR) is 93.7 cm³/mol. The SMILES string of the molecule is CCCCCCCCN1CCN=C1[C]12[CH]3[CH]4[CH]5[CH]1[Fe]45321678[CH]2[CH]1[CH]6[CH]7[CH]28. The van der Waals surface area contributed by atoms with Crippen LogP contribution < -0.4 is 0 Å².